The van der Waals surface area contributed by atoms with Gasteiger partial charge in [-0.05, 0) is 77.9 Å². The van der Waals surface area contributed by atoms with E-state index in [4.69, 9.17) is 11.6 Å². The molecule has 0 unspecified atom stereocenters. The van der Waals surface area contributed by atoms with Crippen LogP contribution in [0.5, 0.6) is 0 Å². The molecule has 3 nitrogen and oxygen atoms in total. The van der Waals surface area contributed by atoms with Crippen molar-refractivity contribution < 1.29 is 4.79 Å². The first-order chi connectivity index (χ1) is 16.2. The molecule has 33 heavy (non-hydrogen) atoms. The van der Waals surface area contributed by atoms with Gasteiger partial charge < -0.3 is 10.6 Å². The summed E-state index contributed by atoms with van der Waals surface area (Å²) in [7, 11) is 0. The van der Waals surface area contributed by atoms with Crippen molar-refractivity contribution in [3.8, 4) is 11.1 Å². The van der Waals surface area contributed by atoms with E-state index in [-0.39, 0.29) is 5.91 Å². The van der Waals surface area contributed by atoms with Crippen LogP contribution < -0.4 is 10.6 Å². The van der Waals surface area contributed by atoms with E-state index in [1.54, 1.807) is 6.08 Å². The molecule has 0 aromatic heterocycles. The Bertz CT molecular complexity index is 1050. The van der Waals surface area contributed by atoms with Crippen molar-refractivity contribution in [2.45, 2.75) is 38.6 Å². The van der Waals surface area contributed by atoms with Gasteiger partial charge in [-0.1, -0.05) is 79.4 Å². The van der Waals surface area contributed by atoms with Crippen molar-refractivity contribution in [2.24, 2.45) is 5.92 Å². The summed E-state index contributed by atoms with van der Waals surface area (Å²) in [6.07, 6.45) is 10.3. The molecule has 170 valence electrons. The molecule has 0 heterocycles. The van der Waals surface area contributed by atoms with Crippen LogP contribution in [-0.4, -0.2) is 12.5 Å². The molecule has 1 amide bonds. The van der Waals surface area contributed by atoms with Crippen LogP contribution in [0.4, 0.5) is 5.69 Å². The van der Waals surface area contributed by atoms with Gasteiger partial charge in [-0.25, -0.2) is 0 Å². The maximum atomic E-state index is 12.3. The van der Waals surface area contributed by atoms with Crippen LogP contribution >= 0.6 is 11.6 Å². The minimum Gasteiger partial charge on any atom is -0.323 e. The van der Waals surface area contributed by atoms with Crippen LogP contribution in [0.1, 0.15) is 43.2 Å². The zero-order valence-electron chi connectivity index (χ0n) is 18.9. The van der Waals surface area contributed by atoms with Crippen LogP contribution in [0.3, 0.4) is 0 Å². The minimum atomic E-state index is -0.146. The van der Waals surface area contributed by atoms with Gasteiger partial charge in [-0.3, -0.25) is 4.79 Å². The Balaban J connectivity index is 1.23. The normalized spacial score (nSPS) is 14.5. The fourth-order valence-corrected chi connectivity index (χ4v) is 4.43. The first-order valence-electron chi connectivity index (χ1n) is 11.8. The molecule has 3 aromatic carbocycles. The average molecular weight is 459 g/mol. The summed E-state index contributed by atoms with van der Waals surface area (Å²) in [6, 6.07) is 23.9. The van der Waals surface area contributed by atoms with Crippen molar-refractivity contribution in [3.63, 3.8) is 0 Å². The monoisotopic (exact) mass is 458 g/mol. The number of benzene rings is 3. The van der Waals surface area contributed by atoms with Gasteiger partial charge in [0, 0.05) is 23.3 Å². The molecule has 0 bridgehead atoms. The summed E-state index contributed by atoms with van der Waals surface area (Å²) < 4.78 is 0. The van der Waals surface area contributed by atoms with Crippen molar-refractivity contribution in [1.82, 2.24) is 5.32 Å². The predicted molar refractivity (Wildman–Crippen MR) is 139 cm³/mol. The second-order valence-corrected chi connectivity index (χ2v) is 9.22. The predicted octanol–water partition coefficient (Wildman–Crippen LogP) is 7.33. The quantitative estimate of drug-likeness (QED) is 0.347. The van der Waals surface area contributed by atoms with Crippen LogP contribution in [0, 0.1) is 5.92 Å². The highest BCUT2D eigenvalue weighted by Gasteiger charge is 2.12. The average Bonchev–Trinajstić information content (AvgIpc) is 2.85. The van der Waals surface area contributed by atoms with Crippen LogP contribution in [-0.2, 0) is 11.3 Å². The number of hydrogen-bond acceptors (Lipinski definition) is 2. The number of anilines is 1. The van der Waals surface area contributed by atoms with Gasteiger partial charge in [-0.15, -0.1) is 0 Å². The Labute approximate surface area is 201 Å². The van der Waals surface area contributed by atoms with Crippen LogP contribution in [0.25, 0.3) is 17.2 Å². The number of carbonyl (C=O) groups excluding carboxylic acids is 1. The molecule has 0 radical (unpaired) electrons. The molecular weight excluding hydrogens is 428 g/mol. The van der Waals surface area contributed by atoms with Crippen LogP contribution in [0.2, 0.25) is 5.02 Å². The lowest BCUT2D eigenvalue weighted by molar-refractivity contribution is -0.111. The first kappa shape index (κ1) is 23.3. The van der Waals surface area contributed by atoms with Gasteiger partial charge in [0.2, 0.25) is 5.91 Å². The van der Waals surface area contributed by atoms with E-state index >= 15 is 0 Å². The minimum absolute atomic E-state index is 0.146. The van der Waals surface area contributed by atoms with E-state index in [0.29, 0.717) is 0 Å². The molecule has 4 heteroatoms. The molecule has 4 rings (SSSR count). The molecule has 1 fully saturated rings. The lowest BCUT2D eigenvalue weighted by Crippen LogP contribution is -2.24. The Hall–Kier alpha value is -2.88. The standard InChI is InChI=1S/C29H31ClN2O/c30-27-15-11-25(12-16-27)26-13-17-28(18-14-26)32-29(33)19-10-22-6-8-24(9-7-22)21-31-20-23-4-2-1-3-5-23/h6-19,23,31H,1-5,20-21H2,(H,32,33)/b19-10+. The molecule has 3 aromatic rings. The molecule has 1 aliphatic rings. The highest BCUT2D eigenvalue weighted by molar-refractivity contribution is 6.30. The van der Waals surface area contributed by atoms with Crippen molar-refractivity contribution in [1.29, 1.82) is 0 Å². The van der Waals surface area contributed by atoms with Gasteiger partial charge >= 0.3 is 0 Å². The molecular formula is C29H31ClN2O. The SMILES string of the molecule is O=C(/C=C/c1ccc(CNCC2CCCCC2)cc1)Nc1ccc(-c2ccc(Cl)cc2)cc1. The fraction of sp³-hybridized carbons (Fsp3) is 0.276. The maximum absolute atomic E-state index is 12.3. The summed E-state index contributed by atoms with van der Waals surface area (Å²) in [5.74, 6) is 0.695. The topological polar surface area (TPSA) is 41.1 Å². The number of amides is 1. The maximum Gasteiger partial charge on any atom is 0.248 e. The molecule has 0 atom stereocenters. The molecule has 2 N–H and O–H groups in total. The van der Waals surface area contributed by atoms with Gasteiger partial charge in [0.25, 0.3) is 0 Å². The molecule has 0 saturated heterocycles. The van der Waals surface area contributed by atoms with Crippen molar-refractivity contribution >= 4 is 29.3 Å². The summed E-state index contributed by atoms with van der Waals surface area (Å²) in [6.45, 7) is 2.01. The summed E-state index contributed by atoms with van der Waals surface area (Å²) in [4.78, 5) is 12.3. The summed E-state index contributed by atoms with van der Waals surface area (Å²) >= 11 is 5.95. The number of carbonyl (C=O) groups is 1. The highest BCUT2D eigenvalue weighted by atomic mass is 35.5. The lowest BCUT2D eigenvalue weighted by atomic mass is 9.89. The fourth-order valence-electron chi connectivity index (χ4n) is 4.30. The van der Waals surface area contributed by atoms with Gasteiger partial charge in [0.05, 0.1) is 0 Å². The Morgan fingerprint density at radius 3 is 2.15 bits per heavy atom. The second kappa shape index (κ2) is 11.8. The molecule has 1 aliphatic carbocycles. The number of halogens is 1. The third-order valence-electron chi connectivity index (χ3n) is 6.22. The first-order valence-corrected chi connectivity index (χ1v) is 12.2. The van der Waals surface area contributed by atoms with E-state index in [0.717, 1.165) is 46.4 Å². The second-order valence-electron chi connectivity index (χ2n) is 8.78. The zero-order chi connectivity index (χ0) is 22.9. The smallest absolute Gasteiger partial charge is 0.248 e. The summed E-state index contributed by atoms with van der Waals surface area (Å²) in [5, 5.41) is 7.23. The van der Waals surface area contributed by atoms with E-state index in [9.17, 15) is 4.79 Å². The highest BCUT2D eigenvalue weighted by Crippen LogP contribution is 2.24. The van der Waals surface area contributed by atoms with Crippen molar-refractivity contribution in [3.05, 3.63) is 95.0 Å². The number of rotatable bonds is 8. The van der Waals surface area contributed by atoms with E-state index in [2.05, 4.69) is 34.9 Å². The number of nitrogens with one attached hydrogen (secondary N) is 2. The van der Waals surface area contributed by atoms with Crippen molar-refractivity contribution in [2.75, 3.05) is 11.9 Å². The van der Waals surface area contributed by atoms with E-state index in [1.165, 1.54) is 37.7 Å². The third kappa shape index (κ3) is 7.31. The zero-order valence-corrected chi connectivity index (χ0v) is 19.7. The number of hydrogen-bond donors (Lipinski definition) is 2. The Kier molecular flexibility index (Phi) is 8.35. The molecule has 0 aliphatic heterocycles. The van der Waals surface area contributed by atoms with Gasteiger partial charge in [0.1, 0.15) is 0 Å². The van der Waals surface area contributed by atoms with Crippen LogP contribution in [0.15, 0.2) is 78.9 Å². The molecule has 0 spiro atoms. The lowest BCUT2D eigenvalue weighted by Gasteiger charge is -2.21. The molecule has 1 saturated carbocycles. The van der Waals surface area contributed by atoms with E-state index < -0.39 is 0 Å². The van der Waals surface area contributed by atoms with Gasteiger partial charge in [-0.2, -0.15) is 0 Å². The van der Waals surface area contributed by atoms with E-state index in [1.807, 2.05) is 54.6 Å². The summed E-state index contributed by atoms with van der Waals surface area (Å²) in [5.41, 5.74) is 5.22. The Morgan fingerprint density at radius 1 is 0.848 bits per heavy atom. The largest absolute Gasteiger partial charge is 0.323 e. The third-order valence-corrected chi connectivity index (χ3v) is 6.48. The Morgan fingerprint density at radius 2 is 1.48 bits per heavy atom. The van der Waals surface area contributed by atoms with Gasteiger partial charge in [0.15, 0.2) is 0 Å².